The van der Waals surface area contributed by atoms with E-state index in [0.717, 1.165) is 23.1 Å². The molecule has 0 unspecified atom stereocenters. The molecule has 104 valence electrons. The van der Waals surface area contributed by atoms with Crippen molar-refractivity contribution < 1.29 is 28.6 Å². The average Bonchev–Trinajstić information content (AvgIpc) is 2.38. The number of carboxylic acid groups (broad SMARTS) is 1. The van der Waals surface area contributed by atoms with Crippen molar-refractivity contribution in [3.8, 4) is 0 Å². The number of benzene rings is 1. The van der Waals surface area contributed by atoms with E-state index in [0.29, 0.717) is 0 Å². The number of halogens is 1. The minimum absolute atomic E-state index is 0.0306. The highest BCUT2D eigenvalue weighted by molar-refractivity contribution is 6.17. The van der Waals surface area contributed by atoms with Crippen LogP contribution in [0.5, 0.6) is 0 Å². The van der Waals surface area contributed by atoms with Crippen LogP contribution in [0.3, 0.4) is 0 Å². The Balaban J connectivity index is 2.37. The highest BCUT2D eigenvalue weighted by Crippen LogP contribution is 2.22. The molecular weight excluding hydrogens is 269 g/mol. The lowest BCUT2D eigenvalue weighted by Gasteiger charge is -2.25. The number of imide groups is 1. The number of carboxylic acids is 1. The van der Waals surface area contributed by atoms with Gasteiger partial charge in [-0.25, -0.2) is 14.1 Å². The maximum Gasteiger partial charge on any atom is 0.328 e. The van der Waals surface area contributed by atoms with Crippen LogP contribution in [0.4, 0.5) is 10.1 Å². The number of hydrogen-bond acceptors (Lipinski definition) is 4. The minimum atomic E-state index is -1.23. The number of nitrogens with zero attached hydrogens (tertiary/aromatic N) is 1. The molecule has 1 aromatic rings. The number of carbonyl (C=O) groups excluding carboxylic acids is 2. The van der Waals surface area contributed by atoms with Crippen LogP contribution in [0, 0.1) is 5.82 Å². The van der Waals surface area contributed by atoms with Crippen LogP contribution in [0.1, 0.15) is 5.56 Å². The van der Waals surface area contributed by atoms with Gasteiger partial charge in [-0.2, -0.15) is 0 Å². The van der Waals surface area contributed by atoms with E-state index in [1.807, 2.05) is 0 Å². The van der Waals surface area contributed by atoms with Crippen molar-refractivity contribution in [2.45, 2.75) is 0 Å². The molecule has 0 saturated carbocycles. The van der Waals surface area contributed by atoms with Crippen LogP contribution < -0.4 is 4.90 Å². The predicted molar refractivity (Wildman–Crippen MR) is 66.4 cm³/mol. The molecule has 1 saturated heterocycles. The zero-order valence-corrected chi connectivity index (χ0v) is 10.2. The van der Waals surface area contributed by atoms with E-state index in [-0.39, 0.29) is 24.5 Å². The van der Waals surface area contributed by atoms with E-state index < -0.39 is 23.6 Å². The zero-order chi connectivity index (χ0) is 14.7. The van der Waals surface area contributed by atoms with E-state index in [4.69, 9.17) is 9.84 Å². The monoisotopic (exact) mass is 279 g/mol. The van der Waals surface area contributed by atoms with Gasteiger partial charge < -0.3 is 9.84 Å². The predicted octanol–water partition coefficient (Wildman–Crippen LogP) is 0.813. The summed E-state index contributed by atoms with van der Waals surface area (Å²) in [6.45, 7) is -0.465. The van der Waals surface area contributed by atoms with Crippen LogP contribution >= 0.6 is 0 Å². The SMILES string of the molecule is O=C(O)/C=C/c1cc(N2C(=O)COCC2=O)ccc1F. The highest BCUT2D eigenvalue weighted by atomic mass is 19.1. The normalized spacial score (nSPS) is 15.9. The maximum atomic E-state index is 13.5. The topological polar surface area (TPSA) is 83.9 Å². The van der Waals surface area contributed by atoms with Crippen LogP contribution in [0.15, 0.2) is 24.3 Å². The van der Waals surface area contributed by atoms with E-state index in [9.17, 15) is 18.8 Å². The molecule has 1 heterocycles. The summed E-state index contributed by atoms with van der Waals surface area (Å²) >= 11 is 0. The molecule has 1 fully saturated rings. The Morgan fingerprint density at radius 3 is 2.55 bits per heavy atom. The Bertz CT molecular complexity index is 595. The first-order valence-corrected chi connectivity index (χ1v) is 5.63. The van der Waals surface area contributed by atoms with Gasteiger partial charge in [0.2, 0.25) is 0 Å². The number of anilines is 1. The molecule has 6 nitrogen and oxygen atoms in total. The summed E-state index contributed by atoms with van der Waals surface area (Å²) in [5.74, 6) is -2.99. The van der Waals surface area contributed by atoms with Crippen LogP contribution in [0.2, 0.25) is 0 Å². The fraction of sp³-hybridized carbons (Fsp3) is 0.154. The Morgan fingerprint density at radius 1 is 1.30 bits per heavy atom. The summed E-state index contributed by atoms with van der Waals surface area (Å²) in [6.07, 6.45) is 1.82. The van der Waals surface area contributed by atoms with Gasteiger partial charge in [0.05, 0.1) is 5.69 Å². The van der Waals surface area contributed by atoms with Gasteiger partial charge in [-0.15, -0.1) is 0 Å². The van der Waals surface area contributed by atoms with Gasteiger partial charge in [0.15, 0.2) is 0 Å². The third kappa shape index (κ3) is 2.89. The quantitative estimate of drug-likeness (QED) is 0.654. The van der Waals surface area contributed by atoms with E-state index in [1.165, 1.54) is 12.1 Å². The lowest BCUT2D eigenvalue weighted by Crippen LogP contribution is -2.46. The lowest BCUT2D eigenvalue weighted by molar-refractivity contribution is -0.138. The third-order valence-corrected chi connectivity index (χ3v) is 2.59. The van der Waals surface area contributed by atoms with Crippen molar-refractivity contribution in [1.82, 2.24) is 0 Å². The van der Waals surface area contributed by atoms with Crippen LogP contribution in [0.25, 0.3) is 6.08 Å². The lowest BCUT2D eigenvalue weighted by atomic mass is 10.1. The van der Waals surface area contributed by atoms with Gasteiger partial charge in [-0.05, 0) is 24.3 Å². The van der Waals surface area contributed by atoms with Gasteiger partial charge in [0, 0.05) is 11.6 Å². The second-order valence-electron chi connectivity index (χ2n) is 3.99. The van der Waals surface area contributed by atoms with Gasteiger partial charge in [-0.1, -0.05) is 0 Å². The molecule has 7 heteroatoms. The zero-order valence-electron chi connectivity index (χ0n) is 10.2. The smallest absolute Gasteiger partial charge is 0.328 e. The minimum Gasteiger partial charge on any atom is -0.478 e. The van der Waals surface area contributed by atoms with Gasteiger partial charge in [0.1, 0.15) is 19.0 Å². The number of amides is 2. The third-order valence-electron chi connectivity index (χ3n) is 2.59. The second-order valence-corrected chi connectivity index (χ2v) is 3.99. The Morgan fingerprint density at radius 2 is 1.95 bits per heavy atom. The number of rotatable bonds is 3. The number of aliphatic carboxylic acids is 1. The van der Waals surface area contributed by atoms with E-state index in [1.54, 1.807) is 0 Å². The summed E-state index contributed by atoms with van der Waals surface area (Å²) in [5.41, 5.74) is 0.145. The van der Waals surface area contributed by atoms with Gasteiger partial charge in [-0.3, -0.25) is 9.59 Å². The molecule has 0 spiro atoms. The fourth-order valence-electron chi connectivity index (χ4n) is 1.74. The van der Waals surface area contributed by atoms with Crippen molar-refractivity contribution >= 4 is 29.5 Å². The summed E-state index contributed by atoms with van der Waals surface area (Å²) < 4.78 is 18.3. The molecule has 0 aromatic heterocycles. The molecule has 0 atom stereocenters. The van der Waals surface area contributed by atoms with E-state index in [2.05, 4.69) is 0 Å². The van der Waals surface area contributed by atoms with Crippen molar-refractivity contribution in [2.24, 2.45) is 0 Å². The number of carbonyl (C=O) groups is 3. The number of hydrogen-bond donors (Lipinski definition) is 1. The van der Waals surface area contributed by atoms with Crippen molar-refractivity contribution in [3.05, 3.63) is 35.7 Å². The molecule has 0 bridgehead atoms. The van der Waals surface area contributed by atoms with Crippen LogP contribution in [-0.4, -0.2) is 36.1 Å². The summed E-state index contributed by atoms with van der Waals surface area (Å²) in [5, 5.41) is 8.52. The van der Waals surface area contributed by atoms with Gasteiger partial charge in [0.25, 0.3) is 11.8 Å². The molecule has 2 rings (SSSR count). The Hall–Kier alpha value is -2.54. The molecule has 1 aliphatic heterocycles. The summed E-state index contributed by atoms with van der Waals surface area (Å²) in [6, 6.07) is 3.57. The Labute approximate surface area is 113 Å². The summed E-state index contributed by atoms with van der Waals surface area (Å²) in [4.78, 5) is 34.6. The average molecular weight is 279 g/mol. The van der Waals surface area contributed by atoms with Crippen molar-refractivity contribution in [3.63, 3.8) is 0 Å². The van der Waals surface area contributed by atoms with E-state index >= 15 is 0 Å². The first-order valence-electron chi connectivity index (χ1n) is 5.63. The van der Waals surface area contributed by atoms with Crippen molar-refractivity contribution in [2.75, 3.05) is 18.1 Å². The molecule has 20 heavy (non-hydrogen) atoms. The molecule has 0 aliphatic carbocycles. The molecule has 2 amide bonds. The Kier molecular flexibility index (Phi) is 3.90. The highest BCUT2D eigenvalue weighted by Gasteiger charge is 2.28. The maximum absolute atomic E-state index is 13.5. The molecule has 0 radical (unpaired) electrons. The number of ether oxygens (including phenoxy) is 1. The molecular formula is C13H10FNO5. The first-order chi connectivity index (χ1) is 9.49. The number of morpholine rings is 1. The summed E-state index contributed by atoms with van der Waals surface area (Å²) in [7, 11) is 0. The largest absolute Gasteiger partial charge is 0.478 e. The fourth-order valence-corrected chi connectivity index (χ4v) is 1.74. The standard InChI is InChI=1S/C13H10FNO5/c14-10-3-2-9(5-8(10)1-4-13(18)19)15-11(16)6-20-7-12(15)17/h1-5H,6-7H2,(H,18,19)/b4-1+. The molecule has 1 aromatic carbocycles. The second kappa shape index (κ2) is 5.62. The molecule has 1 aliphatic rings. The molecule has 1 N–H and O–H groups in total. The van der Waals surface area contributed by atoms with Gasteiger partial charge >= 0.3 is 5.97 Å². The van der Waals surface area contributed by atoms with Crippen molar-refractivity contribution in [1.29, 1.82) is 0 Å². The first kappa shape index (κ1) is 13.9. The van der Waals surface area contributed by atoms with Crippen LogP contribution in [-0.2, 0) is 19.1 Å².